The molecule has 0 aliphatic carbocycles. The predicted molar refractivity (Wildman–Crippen MR) is 148 cm³/mol. The molecule has 0 amide bonds. The maximum absolute atomic E-state index is 13.5. The fourth-order valence-corrected chi connectivity index (χ4v) is 4.71. The summed E-state index contributed by atoms with van der Waals surface area (Å²) in [6, 6.07) is 14.4. The van der Waals surface area contributed by atoms with Gasteiger partial charge in [0.15, 0.2) is 0 Å². The van der Waals surface area contributed by atoms with Crippen LogP contribution in [0.15, 0.2) is 84.0 Å². The number of alkyl halides is 3. The van der Waals surface area contributed by atoms with Gasteiger partial charge >= 0.3 is 12.3 Å². The second-order valence-corrected chi connectivity index (χ2v) is 10.4. The SMILES string of the molecule is CC(C)(C)OC(=O)n1cc(-c2ccc3ncc4ccc(=O)n(-c5cccc(C(F)(F)F)c5)c4c3n2)c2cccnc21. The molecule has 8 nitrogen and oxygen atoms in total. The first kappa shape index (κ1) is 26.2. The standard InChI is InChI=1S/C30H22F3N5O3/c1-29(2,3)41-28(40)37-16-21(20-8-5-13-34-27(20)37)22-10-11-23-25(36-22)26-17(15-35-23)9-12-24(39)38(26)19-7-4-6-18(14-19)30(31,32)33/h4-16H,1-3H3. The van der Waals surface area contributed by atoms with E-state index in [0.717, 1.165) is 12.1 Å². The molecule has 0 N–H and O–H groups in total. The molecular weight excluding hydrogens is 535 g/mol. The summed E-state index contributed by atoms with van der Waals surface area (Å²) in [5, 5.41) is 1.14. The summed E-state index contributed by atoms with van der Waals surface area (Å²) in [6.45, 7) is 5.29. The van der Waals surface area contributed by atoms with Crippen molar-refractivity contribution in [3.8, 4) is 16.9 Å². The molecule has 0 radical (unpaired) electrons. The molecule has 11 heteroatoms. The molecule has 6 rings (SSSR count). The van der Waals surface area contributed by atoms with Crippen molar-refractivity contribution in [3.63, 3.8) is 0 Å². The number of benzene rings is 1. The van der Waals surface area contributed by atoms with Crippen molar-refractivity contribution in [2.24, 2.45) is 0 Å². The largest absolute Gasteiger partial charge is 0.443 e. The molecule has 41 heavy (non-hydrogen) atoms. The first-order valence-electron chi connectivity index (χ1n) is 12.6. The quantitative estimate of drug-likeness (QED) is 0.219. The van der Waals surface area contributed by atoms with Crippen LogP contribution in [-0.2, 0) is 10.9 Å². The average Bonchev–Trinajstić information content (AvgIpc) is 3.31. The van der Waals surface area contributed by atoms with Crippen LogP contribution in [0.2, 0.25) is 0 Å². The normalized spacial score (nSPS) is 12.3. The second-order valence-electron chi connectivity index (χ2n) is 10.4. The highest BCUT2D eigenvalue weighted by molar-refractivity contribution is 6.04. The minimum atomic E-state index is -4.59. The molecule has 1 aromatic carbocycles. The van der Waals surface area contributed by atoms with Crippen LogP contribution in [0.25, 0.3) is 49.9 Å². The smallest absolute Gasteiger partial charge is 0.420 e. The maximum Gasteiger partial charge on any atom is 0.420 e. The summed E-state index contributed by atoms with van der Waals surface area (Å²) in [4.78, 5) is 39.8. The van der Waals surface area contributed by atoms with E-state index in [0.29, 0.717) is 44.2 Å². The Labute approximate surface area is 230 Å². The number of hydrogen-bond donors (Lipinski definition) is 0. The van der Waals surface area contributed by atoms with Gasteiger partial charge in [0, 0.05) is 46.7 Å². The molecule has 0 aliphatic heterocycles. The van der Waals surface area contributed by atoms with E-state index in [1.807, 2.05) is 0 Å². The number of carbonyl (C=O) groups is 1. The van der Waals surface area contributed by atoms with Gasteiger partial charge < -0.3 is 4.74 Å². The summed E-state index contributed by atoms with van der Waals surface area (Å²) >= 11 is 0. The lowest BCUT2D eigenvalue weighted by Crippen LogP contribution is -2.26. The summed E-state index contributed by atoms with van der Waals surface area (Å²) in [5.41, 5.74) is 0.325. The fraction of sp³-hybridized carbons (Fsp3) is 0.167. The zero-order chi connectivity index (χ0) is 29.1. The zero-order valence-electron chi connectivity index (χ0n) is 22.1. The number of nitrogens with zero attached hydrogens (tertiary/aromatic N) is 5. The number of carbonyl (C=O) groups excluding carboxylic acids is 1. The van der Waals surface area contributed by atoms with Crippen molar-refractivity contribution in [2.45, 2.75) is 32.5 Å². The van der Waals surface area contributed by atoms with Gasteiger partial charge in [0.2, 0.25) is 0 Å². The minimum Gasteiger partial charge on any atom is -0.443 e. The van der Waals surface area contributed by atoms with E-state index in [9.17, 15) is 22.8 Å². The van der Waals surface area contributed by atoms with Crippen molar-refractivity contribution in [1.82, 2.24) is 24.1 Å². The summed E-state index contributed by atoms with van der Waals surface area (Å²) in [7, 11) is 0. The van der Waals surface area contributed by atoms with Gasteiger partial charge in [-0.1, -0.05) is 6.07 Å². The summed E-state index contributed by atoms with van der Waals surface area (Å²) in [5.74, 6) is 0. The van der Waals surface area contributed by atoms with Crippen molar-refractivity contribution < 1.29 is 22.7 Å². The lowest BCUT2D eigenvalue weighted by Gasteiger charge is -2.19. The molecule has 5 aromatic heterocycles. The van der Waals surface area contributed by atoms with Crippen LogP contribution in [0.4, 0.5) is 18.0 Å². The van der Waals surface area contributed by atoms with E-state index < -0.39 is 29.0 Å². The van der Waals surface area contributed by atoms with E-state index in [1.165, 1.54) is 27.3 Å². The van der Waals surface area contributed by atoms with Gasteiger partial charge in [-0.05, 0) is 69.3 Å². The highest BCUT2D eigenvalue weighted by Crippen LogP contribution is 2.33. The Hall–Kier alpha value is -5.06. The number of pyridine rings is 4. The Morgan fingerprint density at radius 3 is 2.51 bits per heavy atom. The van der Waals surface area contributed by atoms with E-state index in [4.69, 9.17) is 9.72 Å². The van der Waals surface area contributed by atoms with E-state index in [2.05, 4.69) is 9.97 Å². The fourth-order valence-electron chi connectivity index (χ4n) is 4.71. The molecule has 0 spiro atoms. The highest BCUT2D eigenvalue weighted by Gasteiger charge is 2.31. The van der Waals surface area contributed by atoms with Gasteiger partial charge in [0.05, 0.1) is 22.3 Å². The van der Waals surface area contributed by atoms with E-state index in [-0.39, 0.29) is 5.69 Å². The minimum absolute atomic E-state index is 0.0425. The average molecular weight is 558 g/mol. The summed E-state index contributed by atoms with van der Waals surface area (Å²) in [6.07, 6.45) is -0.514. The third-order valence-electron chi connectivity index (χ3n) is 6.42. The van der Waals surface area contributed by atoms with Gasteiger partial charge in [-0.2, -0.15) is 13.2 Å². The molecule has 0 atom stereocenters. The Morgan fingerprint density at radius 2 is 1.76 bits per heavy atom. The van der Waals surface area contributed by atoms with E-state index in [1.54, 1.807) is 69.7 Å². The Morgan fingerprint density at radius 1 is 0.951 bits per heavy atom. The first-order chi connectivity index (χ1) is 19.4. The third kappa shape index (κ3) is 4.69. The van der Waals surface area contributed by atoms with Gasteiger partial charge in [0.25, 0.3) is 5.56 Å². The molecule has 0 saturated carbocycles. The Balaban J connectivity index is 1.61. The van der Waals surface area contributed by atoms with E-state index >= 15 is 0 Å². The number of hydrogen-bond acceptors (Lipinski definition) is 6. The molecule has 0 aliphatic rings. The van der Waals surface area contributed by atoms with Crippen molar-refractivity contribution >= 4 is 39.1 Å². The lowest BCUT2D eigenvalue weighted by atomic mass is 10.1. The molecule has 206 valence electrons. The molecule has 6 aromatic rings. The first-order valence-corrected chi connectivity index (χ1v) is 12.6. The predicted octanol–water partition coefficient (Wildman–Crippen LogP) is 6.75. The van der Waals surface area contributed by atoms with Crippen molar-refractivity contribution in [2.75, 3.05) is 0 Å². The number of ether oxygens (including phenoxy) is 1. The summed E-state index contributed by atoms with van der Waals surface area (Å²) < 4.78 is 48.6. The number of halogens is 3. The molecule has 5 heterocycles. The third-order valence-corrected chi connectivity index (χ3v) is 6.42. The molecule has 0 bridgehead atoms. The van der Waals surface area contributed by atoms with Crippen molar-refractivity contribution in [3.05, 3.63) is 95.2 Å². The van der Waals surface area contributed by atoms with Gasteiger partial charge in [-0.3, -0.25) is 14.3 Å². The second kappa shape index (κ2) is 9.26. The van der Waals surface area contributed by atoms with Crippen LogP contribution >= 0.6 is 0 Å². The Kier molecular flexibility index (Phi) is 5.91. The topological polar surface area (TPSA) is 91.9 Å². The van der Waals surface area contributed by atoms with Gasteiger partial charge in [0.1, 0.15) is 16.8 Å². The van der Waals surface area contributed by atoms with Gasteiger partial charge in [-0.15, -0.1) is 0 Å². The molecule has 0 saturated heterocycles. The number of aromatic nitrogens is 5. The highest BCUT2D eigenvalue weighted by atomic mass is 19.4. The van der Waals surface area contributed by atoms with Crippen molar-refractivity contribution in [1.29, 1.82) is 0 Å². The number of fused-ring (bicyclic) bond motifs is 4. The Bertz CT molecular complexity index is 2060. The number of rotatable bonds is 2. The molecular formula is C30H22F3N5O3. The lowest BCUT2D eigenvalue weighted by molar-refractivity contribution is -0.137. The maximum atomic E-state index is 13.5. The zero-order valence-corrected chi connectivity index (χ0v) is 22.1. The monoisotopic (exact) mass is 557 g/mol. The van der Waals surface area contributed by atoms with Gasteiger partial charge in [-0.25, -0.2) is 19.3 Å². The van der Waals surface area contributed by atoms with Crippen LogP contribution in [-0.4, -0.2) is 35.8 Å². The molecule has 0 unspecified atom stereocenters. The van der Waals surface area contributed by atoms with Crippen LogP contribution in [0.3, 0.4) is 0 Å². The van der Waals surface area contributed by atoms with Crippen LogP contribution < -0.4 is 5.56 Å². The van der Waals surface area contributed by atoms with Crippen LogP contribution in [0, 0.1) is 0 Å². The molecule has 0 fully saturated rings. The van der Waals surface area contributed by atoms with Crippen LogP contribution in [0.5, 0.6) is 0 Å². The van der Waals surface area contributed by atoms with Crippen LogP contribution in [0.1, 0.15) is 26.3 Å².